The fraction of sp³-hybridized carbons (Fsp3) is 0.0156. The standard InChI is InChI=1S/C64H37N3O/c1-2-16-39(17-3-1)66-55-28-14-8-20-43(55)48-36-57-49(37-56(48)66)60-46-23-9-15-29-58(46)68-63(60)67(57)40-32-30-38(31-33-40)62-47-34-35-53-61(59(47)45-22-7-13-27-54(45)65-62)44-21-6-12-26-52(44)64(53)50-24-10-4-18-41(50)42-19-5-11-25-51(42)64/h1-37H. The minimum Gasteiger partial charge on any atom is -0.439 e. The zero-order valence-electron chi connectivity index (χ0n) is 36.6. The summed E-state index contributed by atoms with van der Waals surface area (Å²) in [5.41, 5.74) is 20.5. The molecule has 4 aromatic heterocycles. The third-order valence-corrected chi connectivity index (χ3v) is 15.3. The minimum atomic E-state index is -0.428. The molecule has 0 radical (unpaired) electrons. The van der Waals surface area contributed by atoms with E-state index in [-0.39, 0.29) is 0 Å². The maximum absolute atomic E-state index is 6.85. The second-order valence-corrected chi connectivity index (χ2v) is 18.5. The molecule has 0 aliphatic heterocycles. The Morgan fingerprint density at radius 3 is 1.74 bits per heavy atom. The number of furan rings is 1. The van der Waals surface area contributed by atoms with Crippen LogP contribution >= 0.6 is 0 Å². The monoisotopic (exact) mass is 863 g/mol. The van der Waals surface area contributed by atoms with Gasteiger partial charge in [-0.2, -0.15) is 0 Å². The van der Waals surface area contributed by atoms with E-state index in [9.17, 15) is 0 Å². The molecule has 0 fully saturated rings. The zero-order valence-corrected chi connectivity index (χ0v) is 36.6. The van der Waals surface area contributed by atoms with Crippen LogP contribution in [0.15, 0.2) is 229 Å². The Kier molecular flexibility index (Phi) is 6.98. The number of nitrogens with zero attached hydrogens (tertiary/aromatic N) is 3. The van der Waals surface area contributed by atoms with Crippen molar-refractivity contribution in [2.75, 3.05) is 0 Å². The maximum atomic E-state index is 6.85. The lowest BCUT2D eigenvalue weighted by molar-refractivity contribution is 0.645. The highest BCUT2D eigenvalue weighted by Gasteiger charge is 2.52. The summed E-state index contributed by atoms with van der Waals surface area (Å²) in [5, 5.41) is 9.35. The van der Waals surface area contributed by atoms with Gasteiger partial charge in [-0.3, -0.25) is 4.57 Å². The van der Waals surface area contributed by atoms with Gasteiger partial charge in [-0.05, 0) is 99.1 Å². The molecule has 2 aliphatic rings. The van der Waals surface area contributed by atoms with Crippen molar-refractivity contribution >= 4 is 76.5 Å². The van der Waals surface area contributed by atoms with Crippen LogP contribution in [0.5, 0.6) is 0 Å². The Balaban J connectivity index is 0.934. The average molecular weight is 864 g/mol. The Labute approximate surface area is 390 Å². The molecule has 0 atom stereocenters. The summed E-state index contributed by atoms with van der Waals surface area (Å²) < 4.78 is 11.6. The highest BCUT2D eigenvalue weighted by Crippen LogP contribution is 2.64. The first-order valence-corrected chi connectivity index (χ1v) is 23.5. The normalized spacial score (nSPS) is 13.4. The first-order valence-electron chi connectivity index (χ1n) is 23.5. The predicted molar refractivity (Wildman–Crippen MR) is 279 cm³/mol. The molecule has 0 bridgehead atoms. The van der Waals surface area contributed by atoms with Crippen LogP contribution in [0, 0.1) is 0 Å². The number of rotatable bonds is 3. The van der Waals surface area contributed by atoms with Gasteiger partial charge in [-0.25, -0.2) is 4.98 Å². The summed E-state index contributed by atoms with van der Waals surface area (Å²) in [5.74, 6) is 0. The second-order valence-electron chi connectivity index (χ2n) is 18.5. The van der Waals surface area contributed by atoms with E-state index in [1.54, 1.807) is 0 Å². The Bertz CT molecular complexity index is 4450. The van der Waals surface area contributed by atoms with Crippen LogP contribution < -0.4 is 0 Å². The summed E-state index contributed by atoms with van der Waals surface area (Å²) in [6.45, 7) is 0. The van der Waals surface area contributed by atoms with Crippen LogP contribution in [0.2, 0.25) is 0 Å². The Morgan fingerprint density at radius 1 is 0.368 bits per heavy atom. The molecule has 68 heavy (non-hydrogen) atoms. The molecule has 0 saturated heterocycles. The van der Waals surface area contributed by atoms with Crippen LogP contribution in [-0.4, -0.2) is 14.1 Å². The Morgan fingerprint density at radius 2 is 0.956 bits per heavy atom. The number of benzene rings is 10. The summed E-state index contributed by atoms with van der Waals surface area (Å²) >= 11 is 0. The van der Waals surface area contributed by atoms with Crippen LogP contribution in [0.3, 0.4) is 0 Å². The van der Waals surface area contributed by atoms with Gasteiger partial charge in [0.15, 0.2) is 0 Å². The Hall–Kier alpha value is -8.99. The molecule has 4 heterocycles. The quantitative estimate of drug-likeness (QED) is 0.166. The van der Waals surface area contributed by atoms with Crippen molar-refractivity contribution in [3.8, 4) is 44.9 Å². The first kappa shape index (κ1) is 36.3. The molecule has 16 rings (SSSR count). The van der Waals surface area contributed by atoms with E-state index < -0.39 is 5.41 Å². The van der Waals surface area contributed by atoms with Gasteiger partial charge in [-0.15, -0.1) is 0 Å². The third kappa shape index (κ3) is 4.47. The van der Waals surface area contributed by atoms with Crippen molar-refractivity contribution in [3.05, 3.63) is 247 Å². The summed E-state index contributed by atoms with van der Waals surface area (Å²) in [7, 11) is 0. The highest BCUT2D eigenvalue weighted by atomic mass is 16.3. The van der Waals surface area contributed by atoms with Crippen LogP contribution in [0.25, 0.3) is 121 Å². The highest BCUT2D eigenvalue weighted by molar-refractivity contribution is 6.25. The van der Waals surface area contributed by atoms with Gasteiger partial charge in [0, 0.05) is 54.6 Å². The fourth-order valence-electron chi connectivity index (χ4n) is 12.7. The summed E-state index contributed by atoms with van der Waals surface area (Å²) in [6.07, 6.45) is 0. The van der Waals surface area contributed by atoms with Gasteiger partial charge in [-0.1, -0.05) is 170 Å². The minimum absolute atomic E-state index is 0.428. The fourth-order valence-corrected chi connectivity index (χ4v) is 12.7. The van der Waals surface area contributed by atoms with Crippen molar-refractivity contribution in [2.24, 2.45) is 0 Å². The number of para-hydroxylation sites is 4. The van der Waals surface area contributed by atoms with E-state index in [1.807, 2.05) is 0 Å². The summed E-state index contributed by atoms with van der Waals surface area (Å²) in [4.78, 5) is 5.50. The smallest absolute Gasteiger partial charge is 0.213 e. The van der Waals surface area contributed by atoms with Gasteiger partial charge in [0.2, 0.25) is 5.71 Å². The second kappa shape index (κ2) is 13.1. The molecule has 4 heteroatoms. The topological polar surface area (TPSA) is 35.9 Å². The number of hydrogen-bond donors (Lipinski definition) is 0. The summed E-state index contributed by atoms with van der Waals surface area (Å²) in [6, 6.07) is 82.2. The third-order valence-electron chi connectivity index (χ3n) is 15.3. The molecular formula is C64H37N3O. The molecule has 0 amide bonds. The molecule has 10 aromatic carbocycles. The van der Waals surface area contributed by atoms with E-state index in [1.165, 1.54) is 71.7 Å². The van der Waals surface area contributed by atoms with E-state index in [4.69, 9.17) is 9.40 Å². The lowest BCUT2D eigenvalue weighted by atomic mass is 9.70. The van der Waals surface area contributed by atoms with Crippen molar-refractivity contribution < 1.29 is 4.42 Å². The zero-order chi connectivity index (χ0) is 44.2. The van der Waals surface area contributed by atoms with E-state index in [2.05, 4.69) is 234 Å². The maximum Gasteiger partial charge on any atom is 0.213 e. The van der Waals surface area contributed by atoms with E-state index >= 15 is 0 Å². The van der Waals surface area contributed by atoms with Gasteiger partial charge in [0.25, 0.3) is 0 Å². The van der Waals surface area contributed by atoms with E-state index in [0.29, 0.717) is 0 Å². The van der Waals surface area contributed by atoms with Crippen molar-refractivity contribution in [1.82, 2.24) is 14.1 Å². The molecule has 4 nitrogen and oxygen atoms in total. The molecule has 1 spiro atoms. The molecule has 0 unspecified atom stereocenters. The van der Waals surface area contributed by atoms with E-state index in [0.717, 1.165) is 71.9 Å². The van der Waals surface area contributed by atoms with Gasteiger partial charge < -0.3 is 8.98 Å². The van der Waals surface area contributed by atoms with Gasteiger partial charge >= 0.3 is 0 Å². The molecule has 2 aliphatic carbocycles. The average Bonchev–Trinajstić information content (AvgIpc) is 4.18. The number of fused-ring (bicyclic) bond motifs is 22. The molecule has 14 aromatic rings. The largest absolute Gasteiger partial charge is 0.439 e. The lowest BCUT2D eigenvalue weighted by Gasteiger charge is -2.30. The van der Waals surface area contributed by atoms with Gasteiger partial charge in [0.1, 0.15) is 5.58 Å². The van der Waals surface area contributed by atoms with Crippen molar-refractivity contribution in [2.45, 2.75) is 5.41 Å². The molecular weight excluding hydrogens is 827 g/mol. The van der Waals surface area contributed by atoms with Crippen LogP contribution in [0.1, 0.15) is 22.3 Å². The van der Waals surface area contributed by atoms with Crippen LogP contribution in [0.4, 0.5) is 0 Å². The number of hydrogen-bond acceptors (Lipinski definition) is 2. The van der Waals surface area contributed by atoms with Gasteiger partial charge in [0.05, 0.1) is 38.6 Å². The lowest BCUT2D eigenvalue weighted by Crippen LogP contribution is -2.25. The number of pyridine rings is 1. The SMILES string of the molecule is c1ccc(-n2c3ccccc3c3cc4c(cc32)c2c3ccccc3oc2n4-c2ccc(-c3nc4ccccc4c4c5c(ccc34)C3(c4ccccc4-c4ccccc43)c3ccccc3-5)cc2)cc1. The predicted octanol–water partition coefficient (Wildman–Crippen LogP) is 16.3. The number of aromatic nitrogens is 3. The van der Waals surface area contributed by atoms with Crippen molar-refractivity contribution in [1.29, 1.82) is 0 Å². The van der Waals surface area contributed by atoms with Crippen LogP contribution in [-0.2, 0) is 5.41 Å². The molecule has 314 valence electrons. The van der Waals surface area contributed by atoms with Crippen molar-refractivity contribution in [3.63, 3.8) is 0 Å². The molecule has 0 saturated carbocycles. The molecule has 0 N–H and O–H groups in total. The first-order chi connectivity index (χ1) is 33.8.